The van der Waals surface area contributed by atoms with E-state index in [-0.39, 0.29) is 6.61 Å². The summed E-state index contributed by atoms with van der Waals surface area (Å²) in [5.74, 6) is -0.555. The molecule has 0 saturated heterocycles. The number of allylic oxidation sites excluding steroid dienone is 1. The third-order valence-electron chi connectivity index (χ3n) is 0.442. The minimum absolute atomic E-state index is 0.296. The third-order valence-corrected chi connectivity index (χ3v) is 0.442. The molecule has 1 N–H and O–H groups in total. The van der Waals surface area contributed by atoms with Crippen molar-refractivity contribution < 1.29 is 14.6 Å². The molecule has 46 valence electrons. The van der Waals surface area contributed by atoms with Crippen molar-refractivity contribution in [3.63, 3.8) is 0 Å². The Hall–Kier alpha value is -0.990. The van der Waals surface area contributed by atoms with Gasteiger partial charge in [-0.15, -0.1) is 0 Å². The molecule has 0 bridgehead atoms. The van der Waals surface area contributed by atoms with Gasteiger partial charge in [-0.25, -0.2) is 4.79 Å². The van der Waals surface area contributed by atoms with Crippen molar-refractivity contribution in [1.82, 2.24) is 0 Å². The van der Waals surface area contributed by atoms with E-state index in [1.54, 1.807) is 6.92 Å². The number of ether oxygens (including phenoxy) is 1. The van der Waals surface area contributed by atoms with Gasteiger partial charge in [-0.05, 0) is 6.92 Å². The number of carboxylic acid groups (broad SMARTS) is 1. The SMILES string of the molecule is C=C(C)OCC(=O)O. The van der Waals surface area contributed by atoms with Crippen LogP contribution in [0, 0.1) is 0 Å². The second-order valence-electron chi connectivity index (χ2n) is 1.38. The van der Waals surface area contributed by atoms with Gasteiger partial charge in [0, 0.05) is 0 Å². The van der Waals surface area contributed by atoms with E-state index >= 15 is 0 Å². The highest BCUT2D eigenvalue weighted by Crippen LogP contribution is 1.87. The molecule has 0 rings (SSSR count). The predicted molar refractivity (Wildman–Crippen MR) is 28.4 cm³/mol. The highest BCUT2D eigenvalue weighted by atomic mass is 16.5. The van der Waals surface area contributed by atoms with Crippen LogP contribution in [-0.2, 0) is 9.53 Å². The molecule has 0 aromatic rings. The molecule has 8 heavy (non-hydrogen) atoms. The summed E-state index contributed by atoms with van der Waals surface area (Å²) in [5.41, 5.74) is 0. The average Bonchev–Trinajstić information content (AvgIpc) is 1.61. The third kappa shape index (κ3) is 5.01. The van der Waals surface area contributed by atoms with Crippen molar-refractivity contribution >= 4 is 5.97 Å². The Labute approximate surface area is 47.6 Å². The Balaban J connectivity index is 3.18. The van der Waals surface area contributed by atoms with E-state index in [9.17, 15) is 4.79 Å². The predicted octanol–water partition coefficient (Wildman–Crippen LogP) is 0.621. The lowest BCUT2D eigenvalue weighted by Crippen LogP contribution is -2.04. The van der Waals surface area contributed by atoms with Gasteiger partial charge in [0.05, 0.1) is 5.76 Å². The van der Waals surface area contributed by atoms with E-state index in [1.807, 2.05) is 0 Å². The van der Waals surface area contributed by atoms with Crippen LogP contribution in [0.5, 0.6) is 0 Å². The summed E-state index contributed by atoms with van der Waals surface area (Å²) in [6.45, 7) is 4.65. The molecule has 0 saturated carbocycles. The van der Waals surface area contributed by atoms with Gasteiger partial charge in [-0.1, -0.05) is 6.58 Å². The molecule has 0 unspecified atom stereocenters. The fourth-order valence-electron chi connectivity index (χ4n) is 0.185. The normalized spacial score (nSPS) is 8.12. The van der Waals surface area contributed by atoms with Crippen LogP contribution in [0.3, 0.4) is 0 Å². The van der Waals surface area contributed by atoms with Gasteiger partial charge in [0.15, 0.2) is 6.61 Å². The molecule has 3 heteroatoms. The summed E-state index contributed by atoms with van der Waals surface area (Å²) < 4.78 is 4.51. The molecule has 0 spiro atoms. The van der Waals surface area contributed by atoms with Crippen molar-refractivity contribution in [2.24, 2.45) is 0 Å². The summed E-state index contributed by atoms with van der Waals surface area (Å²) in [7, 11) is 0. The first kappa shape index (κ1) is 7.01. The number of carbonyl (C=O) groups is 1. The Morgan fingerprint density at radius 3 is 2.50 bits per heavy atom. The van der Waals surface area contributed by atoms with Crippen molar-refractivity contribution in [3.8, 4) is 0 Å². The minimum atomic E-state index is -0.979. The van der Waals surface area contributed by atoms with Crippen LogP contribution in [0.2, 0.25) is 0 Å². The zero-order chi connectivity index (χ0) is 6.57. The van der Waals surface area contributed by atoms with Crippen LogP contribution in [0.4, 0.5) is 0 Å². The van der Waals surface area contributed by atoms with Crippen LogP contribution < -0.4 is 0 Å². The molecule has 0 atom stereocenters. The molecular formula is C5H8O3. The van der Waals surface area contributed by atoms with Crippen LogP contribution >= 0.6 is 0 Å². The molecule has 0 aromatic heterocycles. The fourth-order valence-corrected chi connectivity index (χ4v) is 0.185. The van der Waals surface area contributed by atoms with Crippen LogP contribution in [0.25, 0.3) is 0 Å². The van der Waals surface area contributed by atoms with Gasteiger partial charge in [0.2, 0.25) is 0 Å². The van der Waals surface area contributed by atoms with Gasteiger partial charge < -0.3 is 9.84 Å². The molecule has 0 amide bonds. The van der Waals surface area contributed by atoms with Crippen LogP contribution in [-0.4, -0.2) is 17.7 Å². The quantitative estimate of drug-likeness (QED) is 0.550. The van der Waals surface area contributed by atoms with Crippen molar-refractivity contribution in [2.75, 3.05) is 6.61 Å². The van der Waals surface area contributed by atoms with E-state index in [0.717, 1.165) is 0 Å². The molecule has 0 radical (unpaired) electrons. The summed E-state index contributed by atoms with van der Waals surface area (Å²) in [4.78, 5) is 9.74. The molecule has 0 heterocycles. The second-order valence-corrected chi connectivity index (χ2v) is 1.38. The van der Waals surface area contributed by atoms with E-state index in [0.29, 0.717) is 5.76 Å². The Morgan fingerprint density at radius 1 is 1.88 bits per heavy atom. The molecule has 0 aromatic carbocycles. The van der Waals surface area contributed by atoms with E-state index in [4.69, 9.17) is 5.11 Å². The van der Waals surface area contributed by atoms with E-state index in [2.05, 4.69) is 11.3 Å². The van der Waals surface area contributed by atoms with Crippen molar-refractivity contribution in [2.45, 2.75) is 6.92 Å². The molecule has 0 aliphatic rings. The topological polar surface area (TPSA) is 46.5 Å². The first-order valence-corrected chi connectivity index (χ1v) is 2.13. The van der Waals surface area contributed by atoms with Gasteiger partial charge in [-0.3, -0.25) is 0 Å². The lowest BCUT2D eigenvalue weighted by atomic mass is 10.6. The summed E-state index contributed by atoms with van der Waals surface area (Å²) >= 11 is 0. The lowest BCUT2D eigenvalue weighted by molar-refractivity contribution is -0.140. The van der Waals surface area contributed by atoms with Crippen LogP contribution in [0.1, 0.15) is 6.92 Å². The number of aliphatic carboxylic acids is 1. The van der Waals surface area contributed by atoms with Gasteiger partial charge in [0.1, 0.15) is 0 Å². The lowest BCUT2D eigenvalue weighted by Gasteiger charge is -1.97. The minimum Gasteiger partial charge on any atom is -0.487 e. The zero-order valence-corrected chi connectivity index (χ0v) is 4.68. The van der Waals surface area contributed by atoms with Gasteiger partial charge in [-0.2, -0.15) is 0 Å². The monoisotopic (exact) mass is 116 g/mol. The fraction of sp³-hybridized carbons (Fsp3) is 0.400. The first-order chi connectivity index (χ1) is 3.63. The maximum atomic E-state index is 9.74. The Morgan fingerprint density at radius 2 is 2.38 bits per heavy atom. The van der Waals surface area contributed by atoms with Gasteiger partial charge in [0.25, 0.3) is 0 Å². The van der Waals surface area contributed by atoms with Crippen molar-refractivity contribution in [1.29, 1.82) is 0 Å². The van der Waals surface area contributed by atoms with Gasteiger partial charge >= 0.3 is 5.97 Å². The van der Waals surface area contributed by atoms with E-state index < -0.39 is 5.97 Å². The highest BCUT2D eigenvalue weighted by molar-refractivity contribution is 5.68. The summed E-state index contributed by atoms with van der Waals surface area (Å²) in [6, 6.07) is 0. The maximum absolute atomic E-state index is 9.74. The Bertz CT molecular complexity index is 92.2. The zero-order valence-electron chi connectivity index (χ0n) is 4.68. The largest absolute Gasteiger partial charge is 0.487 e. The summed E-state index contributed by atoms with van der Waals surface area (Å²) in [5, 5.41) is 8.00. The molecule has 3 nitrogen and oxygen atoms in total. The molecule has 0 aliphatic heterocycles. The first-order valence-electron chi connectivity index (χ1n) is 2.13. The maximum Gasteiger partial charge on any atom is 0.341 e. The molecule has 0 fully saturated rings. The average molecular weight is 116 g/mol. The molecule has 0 aliphatic carbocycles. The van der Waals surface area contributed by atoms with Crippen molar-refractivity contribution in [3.05, 3.63) is 12.3 Å². The number of hydrogen-bond donors (Lipinski definition) is 1. The summed E-state index contributed by atoms with van der Waals surface area (Å²) in [6.07, 6.45) is 0. The number of carboxylic acids is 1. The van der Waals surface area contributed by atoms with Crippen LogP contribution in [0.15, 0.2) is 12.3 Å². The Kier molecular flexibility index (Phi) is 2.69. The van der Waals surface area contributed by atoms with E-state index in [1.165, 1.54) is 0 Å². The highest BCUT2D eigenvalue weighted by Gasteiger charge is 1.93. The smallest absolute Gasteiger partial charge is 0.341 e. The number of rotatable bonds is 3. The standard InChI is InChI=1S/C5H8O3/c1-4(2)8-3-5(6)7/h1,3H2,2H3,(H,6,7). The number of hydrogen-bond acceptors (Lipinski definition) is 2. The second kappa shape index (κ2) is 3.07. The molecular weight excluding hydrogens is 108 g/mol.